The smallest absolute Gasteiger partial charge is 0.229 e. The molecule has 1 aromatic heterocycles. The van der Waals surface area contributed by atoms with Crippen molar-refractivity contribution in [1.82, 2.24) is 0 Å². The first-order chi connectivity index (χ1) is 9.51. The number of nitrogens with zero attached hydrogens (tertiary/aromatic N) is 1. The Balaban J connectivity index is 2.11. The number of halogens is 1. The molecule has 20 heavy (non-hydrogen) atoms. The number of carbonyl (C=O) groups excluding carboxylic acids is 1. The highest BCUT2D eigenvalue weighted by atomic mass is 79.9. The van der Waals surface area contributed by atoms with Gasteiger partial charge in [0.05, 0.1) is 12.0 Å². The lowest BCUT2D eigenvalue weighted by atomic mass is 10.1. The van der Waals surface area contributed by atoms with Crippen LogP contribution in [0, 0.1) is 25.2 Å². The summed E-state index contributed by atoms with van der Waals surface area (Å²) in [5.74, 6) is -0.106. The molecule has 0 unspecified atom stereocenters. The first kappa shape index (κ1) is 14.8. The van der Waals surface area contributed by atoms with Crippen molar-refractivity contribution in [2.24, 2.45) is 0 Å². The second kappa shape index (κ2) is 6.21. The van der Waals surface area contributed by atoms with Crippen LogP contribution in [0.25, 0.3) is 0 Å². The second-order valence-corrected chi connectivity index (χ2v) is 6.59. The van der Waals surface area contributed by atoms with Gasteiger partial charge in [-0.2, -0.15) is 5.26 Å². The molecule has 1 N–H and O–H groups in total. The van der Waals surface area contributed by atoms with Gasteiger partial charge in [0.1, 0.15) is 11.1 Å². The molecule has 1 aromatic carbocycles. The summed E-state index contributed by atoms with van der Waals surface area (Å²) in [5.41, 5.74) is 2.45. The molecule has 0 radical (unpaired) electrons. The second-order valence-electron chi connectivity index (χ2n) is 4.45. The zero-order chi connectivity index (χ0) is 14.7. The van der Waals surface area contributed by atoms with Crippen LogP contribution in [0.4, 0.5) is 5.00 Å². The van der Waals surface area contributed by atoms with Gasteiger partial charge in [0.25, 0.3) is 0 Å². The molecule has 5 heteroatoms. The van der Waals surface area contributed by atoms with E-state index in [1.54, 1.807) is 0 Å². The van der Waals surface area contributed by atoms with Crippen LogP contribution in [0.1, 0.15) is 21.6 Å². The molecule has 0 spiro atoms. The van der Waals surface area contributed by atoms with Crippen molar-refractivity contribution >= 4 is 38.2 Å². The number of aryl methyl sites for hydroxylation is 1. The zero-order valence-corrected chi connectivity index (χ0v) is 13.6. The monoisotopic (exact) mass is 348 g/mol. The number of nitrogens with one attached hydrogen (secondary N) is 1. The molecule has 1 amide bonds. The highest BCUT2D eigenvalue weighted by Gasteiger charge is 2.14. The van der Waals surface area contributed by atoms with Gasteiger partial charge in [-0.1, -0.05) is 28.1 Å². The predicted molar refractivity (Wildman–Crippen MR) is 85.0 cm³/mol. The van der Waals surface area contributed by atoms with E-state index in [4.69, 9.17) is 5.26 Å². The number of rotatable bonds is 3. The summed E-state index contributed by atoms with van der Waals surface area (Å²) in [4.78, 5) is 13.1. The Labute approximate surface area is 130 Å². The van der Waals surface area contributed by atoms with Gasteiger partial charge in [0, 0.05) is 9.35 Å². The number of thiophene rings is 1. The highest BCUT2D eigenvalue weighted by molar-refractivity contribution is 9.10. The summed E-state index contributed by atoms with van der Waals surface area (Å²) in [6.45, 7) is 3.85. The summed E-state index contributed by atoms with van der Waals surface area (Å²) in [6, 6.07) is 9.77. The van der Waals surface area contributed by atoms with Crippen LogP contribution < -0.4 is 5.32 Å². The number of hydrogen-bond acceptors (Lipinski definition) is 3. The van der Waals surface area contributed by atoms with Crippen LogP contribution in [-0.2, 0) is 11.2 Å². The van der Waals surface area contributed by atoms with Crippen LogP contribution in [0.2, 0.25) is 0 Å². The average Bonchev–Trinajstić information content (AvgIpc) is 2.67. The molecule has 0 fully saturated rings. The van der Waals surface area contributed by atoms with Crippen LogP contribution in [0.5, 0.6) is 0 Å². The van der Waals surface area contributed by atoms with Gasteiger partial charge in [0.2, 0.25) is 5.91 Å². The fourth-order valence-electron chi connectivity index (χ4n) is 1.81. The number of anilines is 1. The van der Waals surface area contributed by atoms with Gasteiger partial charge >= 0.3 is 0 Å². The molecule has 2 aromatic rings. The minimum Gasteiger partial charge on any atom is -0.316 e. The Morgan fingerprint density at radius 1 is 1.35 bits per heavy atom. The first-order valence-corrected chi connectivity index (χ1v) is 7.66. The van der Waals surface area contributed by atoms with E-state index in [1.807, 2.05) is 38.1 Å². The van der Waals surface area contributed by atoms with Crippen molar-refractivity contribution in [3.05, 3.63) is 50.3 Å². The molecule has 0 aliphatic carbocycles. The van der Waals surface area contributed by atoms with E-state index in [-0.39, 0.29) is 5.91 Å². The molecule has 0 saturated carbocycles. The lowest BCUT2D eigenvalue weighted by molar-refractivity contribution is -0.115. The van der Waals surface area contributed by atoms with Crippen molar-refractivity contribution in [1.29, 1.82) is 5.26 Å². The minimum atomic E-state index is -0.106. The van der Waals surface area contributed by atoms with Crippen molar-refractivity contribution in [2.45, 2.75) is 20.3 Å². The largest absolute Gasteiger partial charge is 0.316 e. The number of hydrogen-bond donors (Lipinski definition) is 1. The molecule has 0 saturated heterocycles. The molecule has 102 valence electrons. The van der Waals surface area contributed by atoms with Crippen LogP contribution in [0.15, 0.2) is 28.7 Å². The lowest BCUT2D eigenvalue weighted by Crippen LogP contribution is -2.14. The van der Waals surface area contributed by atoms with Crippen LogP contribution in [-0.4, -0.2) is 5.91 Å². The standard InChI is InChI=1S/C15H13BrN2OS/c1-9-10(2)20-15(13(9)8-17)18-14(19)7-11-3-5-12(16)6-4-11/h3-6H,7H2,1-2H3,(H,18,19). The van der Waals surface area contributed by atoms with E-state index in [0.29, 0.717) is 17.0 Å². The normalized spacial score (nSPS) is 10.1. The Bertz CT molecular complexity index is 683. The lowest BCUT2D eigenvalue weighted by Gasteiger charge is -2.04. The van der Waals surface area contributed by atoms with Gasteiger partial charge in [-0.3, -0.25) is 4.79 Å². The predicted octanol–water partition coefficient (Wildman–Crippen LogP) is 4.18. The molecular weight excluding hydrogens is 336 g/mol. The number of carbonyl (C=O) groups is 1. The van der Waals surface area contributed by atoms with Gasteiger partial charge in [-0.15, -0.1) is 11.3 Å². The van der Waals surface area contributed by atoms with Gasteiger partial charge in [-0.25, -0.2) is 0 Å². The Hall–Kier alpha value is -1.64. The SMILES string of the molecule is Cc1sc(NC(=O)Cc2ccc(Br)cc2)c(C#N)c1C. The van der Waals surface area contributed by atoms with E-state index < -0.39 is 0 Å². The number of amides is 1. The molecular formula is C15H13BrN2OS. The zero-order valence-electron chi connectivity index (χ0n) is 11.2. The summed E-state index contributed by atoms with van der Waals surface area (Å²) in [6.07, 6.45) is 0.300. The third-order valence-electron chi connectivity index (χ3n) is 3.03. The molecule has 0 bridgehead atoms. The van der Waals surface area contributed by atoms with Crippen LogP contribution in [0.3, 0.4) is 0 Å². The van der Waals surface area contributed by atoms with Crippen molar-refractivity contribution < 1.29 is 4.79 Å². The van der Waals surface area contributed by atoms with E-state index in [9.17, 15) is 4.79 Å². The van der Waals surface area contributed by atoms with E-state index in [1.165, 1.54) is 11.3 Å². The quantitative estimate of drug-likeness (QED) is 0.904. The third kappa shape index (κ3) is 3.27. The Morgan fingerprint density at radius 3 is 2.60 bits per heavy atom. The maximum atomic E-state index is 12.0. The number of nitriles is 1. The molecule has 0 atom stereocenters. The summed E-state index contributed by atoms with van der Waals surface area (Å²) >= 11 is 4.81. The van der Waals surface area contributed by atoms with Gasteiger partial charge in [0.15, 0.2) is 0 Å². The Kier molecular flexibility index (Phi) is 4.58. The average molecular weight is 349 g/mol. The van der Waals surface area contributed by atoms with Gasteiger partial charge < -0.3 is 5.32 Å². The fraction of sp³-hybridized carbons (Fsp3) is 0.200. The third-order valence-corrected chi connectivity index (χ3v) is 4.68. The van der Waals surface area contributed by atoms with E-state index in [0.717, 1.165) is 20.5 Å². The summed E-state index contributed by atoms with van der Waals surface area (Å²) in [5, 5.41) is 12.6. The van der Waals surface area contributed by atoms with Crippen molar-refractivity contribution in [3.63, 3.8) is 0 Å². The van der Waals surface area contributed by atoms with Crippen molar-refractivity contribution in [3.8, 4) is 6.07 Å². The molecule has 1 heterocycles. The van der Waals surface area contributed by atoms with E-state index in [2.05, 4.69) is 27.3 Å². The van der Waals surface area contributed by atoms with Crippen molar-refractivity contribution in [2.75, 3.05) is 5.32 Å². The molecule has 0 aliphatic heterocycles. The molecule has 0 aliphatic rings. The highest BCUT2D eigenvalue weighted by Crippen LogP contribution is 2.31. The minimum absolute atomic E-state index is 0.106. The molecule has 2 rings (SSSR count). The summed E-state index contributed by atoms with van der Waals surface area (Å²) < 4.78 is 0.984. The van der Waals surface area contributed by atoms with E-state index >= 15 is 0 Å². The van der Waals surface area contributed by atoms with Gasteiger partial charge in [-0.05, 0) is 37.1 Å². The Morgan fingerprint density at radius 2 is 2.00 bits per heavy atom. The topological polar surface area (TPSA) is 52.9 Å². The first-order valence-electron chi connectivity index (χ1n) is 6.05. The fourth-order valence-corrected chi connectivity index (χ4v) is 3.10. The molecule has 3 nitrogen and oxygen atoms in total. The maximum Gasteiger partial charge on any atom is 0.229 e. The maximum absolute atomic E-state index is 12.0. The van der Waals surface area contributed by atoms with Crippen LogP contribution >= 0.6 is 27.3 Å². The number of benzene rings is 1. The summed E-state index contributed by atoms with van der Waals surface area (Å²) in [7, 11) is 0.